The van der Waals surface area contributed by atoms with Crippen LogP contribution < -0.4 is 10.1 Å². The summed E-state index contributed by atoms with van der Waals surface area (Å²) in [7, 11) is 0. The zero-order chi connectivity index (χ0) is 15.9. The molecule has 23 heavy (non-hydrogen) atoms. The summed E-state index contributed by atoms with van der Waals surface area (Å²) in [5.74, 6) is 1.49. The number of carbonyl (C=O) groups is 1. The second-order valence-corrected chi connectivity index (χ2v) is 6.07. The van der Waals surface area contributed by atoms with Crippen molar-refractivity contribution in [2.75, 3.05) is 19.7 Å². The van der Waals surface area contributed by atoms with E-state index in [0.29, 0.717) is 12.3 Å². The van der Waals surface area contributed by atoms with Gasteiger partial charge in [-0.1, -0.05) is 42.5 Å². The maximum atomic E-state index is 10.8. The molecule has 0 bridgehead atoms. The molecule has 0 spiro atoms. The van der Waals surface area contributed by atoms with Crippen molar-refractivity contribution in [1.29, 1.82) is 0 Å². The smallest absolute Gasteiger partial charge is 0.127 e. The van der Waals surface area contributed by atoms with Crippen molar-refractivity contribution in [3.63, 3.8) is 0 Å². The van der Waals surface area contributed by atoms with Crippen molar-refractivity contribution >= 4 is 6.29 Å². The molecule has 0 unspecified atom stereocenters. The van der Waals surface area contributed by atoms with Crippen LogP contribution in [0, 0.1) is 5.92 Å². The molecule has 1 aliphatic heterocycles. The highest BCUT2D eigenvalue weighted by molar-refractivity contribution is 5.71. The van der Waals surface area contributed by atoms with Gasteiger partial charge in [0.25, 0.3) is 0 Å². The average Bonchev–Trinajstić information content (AvgIpc) is 2.62. The third-order valence-corrected chi connectivity index (χ3v) is 4.38. The first-order valence-corrected chi connectivity index (χ1v) is 8.32. The van der Waals surface area contributed by atoms with Crippen LogP contribution in [0.25, 0.3) is 11.1 Å². The molecule has 1 N–H and O–H groups in total. The highest BCUT2D eigenvalue weighted by Crippen LogP contribution is 2.31. The summed E-state index contributed by atoms with van der Waals surface area (Å²) in [6, 6.07) is 16.3. The Morgan fingerprint density at radius 3 is 2.61 bits per heavy atom. The van der Waals surface area contributed by atoms with Gasteiger partial charge in [-0.15, -0.1) is 0 Å². The van der Waals surface area contributed by atoms with E-state index in [1.54, 1.807) is 0 Å². The summed E-state index contributed by atoms with van der Waals surface area (Å²) < 4.78 is 6.17. The summed E-state index contributed by atoms with van der Waals surface area (Å²) >= 11 is 0. The zero-order valence-corrected chi connectivity index (χ0v) is 13.3. The van der Waals surface area contributed by atoms with E-state index in [-0.39, 0.29) is 0 Å². The zero-order valence-electron chi connectivity index (χ0n) is 13.3. The molecule has 1 fully saturated rings. The van der Waals surface area contributed by atoms with Crippen LogP contribution in [-0.4, -0.2) is 26.0 Å². The Hall–Kier alpha value is -2.13. The van der Waals surface area contributed by atoms with Crippen LogP contribution >= 0.6 is 0 Å². The van der Waals surface area contributed by atoms with Gasteiger partial charge in [0.15, 0.2) is 0 Å². The van der Waals surface area contributed by atoms with Crippen molar-refractivity contribution < 1.29 is 9.53 Å². The molecule has 0 amide bonds. The summed E-state index contributed by atoms with van der Waals surface area (Å²) in [6.07, 6.45) is 3.69. The Bertz CT molecular complexity index is 633. The molecule has 2 aromatic carbocycles. The second kappa shape index (κ2) is 7.93. The molecule has 0 radical (unpaired) electrons. The van der Waals surface area contributed by atoms with Crippen LogP contribution in [0.2, 0.25) is 0 Å². The lowest BCUT2D eigenvalue weighted by Gasteiger charge is -2.23. The number of carbonyl (C=O) groups excluding carboxylic acids is 1. The average molecular weight is 309 g/mol. The van der Waals surface area contributed by atoms with Crippen LogP contribution in [0.4, 0.5) is 0 Å². The van der Waals surface area contributed by atoms with Gasteiger partial charge in [-0.05, 0) is 49.0 Å². The number of ether oxygens (including phenoxy) is 1. The molecule has 1 heterocycles. The number of aldehydes is 1. The number of nitrogens with one attached hydrogen (secondary N) is 1. The van der Waals surface area contributed by atoms with Gasteiger partial charge >= 0.3 is 0 Å². The number of hydrogen-bond donors (Lipinski definition) is 1. The summed E-state index contributed by atoms with van der Waals surface area (Å²) in [4.78, 5) is 10.8. The standard InChI is InChI=1S/C20H23NO2/c22-13-10-16-6-7-19(18-4-2-1-3-5-18)20(14-16)23-15-17-8-11-21-12-9-17/h1-7,13-14,17,21H,8-12,15H2. The minimum Gasteiger partial charge on any atom is -0.493 e. The normalized spacial score (nSPS) is 15.3. The van der Waals surface area contributed by atoms with Gasteiger partial charge in [-0.2, -0.15) is 0 Å². The lowest BCUT2D eigenvalue weighted by atomic mass is 9.99. The molecule has 0 saturated carbocycles. The first-order chi connectivity index (χ1) is 11.4. The van der Waals surface area contributed by atoms with E-state index >= 15 is 0 Å². The number of benzene rings is 2. The van der Waals surface area contributed by atoms with Gasteiger partial charge in [0, 0.05) is 12.0 Å². The quantitative estimate of drug-likeness (QED) is 0.830. The Morgan fingerprint density at radius 2 is 1.87 bits per heavy atom. The molecule has 3 nitrogen and oxygen atoms in total. The van der Waals surface area contributed by atoms with E-state index in [0.717, 1.165) is 61.3 Å². The molecule has 1 saturated heterocycles. The van der Waals surface area contributed by atoms with E-state index in [1.165, 1.54) is 0 Å². The third-order valence-electron chi connectivity index (χ3n) is 4.38. The monoisotopic (exact) mass is 309 g/mol. The first-order valence-electron chi connectivity index (χ1n) is 8.32. The second-order valence-electron chi connectivity index (χ2n) is 6.07. The van der Waals surface area contributed by atoms with Crippen molar-refractivity contribution in [2.45, 2.75) is 19.3 Å². The van der Waals surface area contributed by atoms with Crippen LogP contribution in [0.5, 0.6) is 5.75 Å². The first kappa shape index (κ1) is 15.8. The largest absolute Gasteiger partial charge is 0.493 e. The van der Waals surface area contributed by atoms with Crippen molar-refractivity contribution in [3.8, 4) is 16.9 Å². The fourth-order valence-corrected chi connectivity index (χ4v) is 3.02. The van der Waals surface area contributed by atoms with Gasteiger partial charge in [0.2, 0.25) is 0 Å². The minimum absolute atomic E-state index is 0.429. The van der Waals surface area contributed by atoms with Gasteiger partial charge in [-0.3, -0.25) is 0 Å². The van der Waals surface area contributed by atoms with E-state index in [4.69, 9.17) is 4.74 Å². The van der Waals surface area contributed by atoms with E-state index < -0.39 is 0 Å². The molecule has 0 atom stereocenters. The molecule has 0 aromatic heterocycles. The predicted octanol–water partition coefficient (Wildman–Crippen LogP) is 3.47. The third kappa shape index (κ3) is 4.20. The highest BCUT2D eigenvalue weighted by Gasteiger charge is 2.15. The Labute approximate surface area is 137 Å². The summed E-state index contributed by atoms with van der Waals surface area (Å²) in [6.45, 7) is 2.89. The van der Waals surface area contributed by atoms with Crippen molar-refractivity contribution in [2.24, 2.45) is 5.92 Å². The molecular weight excluding hydrogens is 286 g/mol. The fourth-order valence-electron chi connectivity index (χ4n) is 3.02. The molecule has 3 rings (SSSR count). The molecule has 0 aliphatic carbocycles. The van der Waals surface area contributed by atoms with Crippen LogP contribution in [0.1, 0.15) is 18.4 Å². The summed E-state index contributed by atoms with van der Waals surface area (Å²) in [5.41, 5.74) is 3.24. The Kier molecular flexibility index (Phi) is 5.43. The number of piperidine rings is 1. The molecule has 120 valence electrons. The Balaban J connectivity index is 1.81. The van der Waals surface area contributed by atoms with Gasteiger partial charge in [-0.25, -0.2) is 0 Å². The molecule has 2 aromatic rings. The van der Waals surface area contributed by atoms with E-state index in [2.05, 4.69) is 23.5 Å². The van der Waals surface area contributed by atoms with Gasteiger partial charge in [0.05, 0.1) is 6.61 Å². The summed E-state index contributed by atoms with van der Waals surface area (Å²) in [5, 5.41) is 3.38. The SMILES string of the molecule is O=CCc1ccc(-c2ccccc2)c(OCC2CCNCC2)c1. The topological polar surface area (TPSA) is 38.3 Å². The Morgan fingerprint density at radius 1 is 1.09 bits per heavy atom. The highest BCUT2D eigenvalue weighted by atomic mass is 16.5. The lowest BCUT2D eigenvalue weighted by molar-refractivity contribution is -0.107. The number of rotatable bonds is 6. The van der Waals surface area contributed by atoms with Crippen molar-refractivity contribution in [1.82, 2.24) is 5.32 Å². The van der Waals surface area contributed by atoms with E-state index in [9.17, 15) is 4.79 Å². The maximum Gasteiger partial charge on any atom is 0.127 e. The molecule has 1 aliphatic rings. The lowest BCUT2D eigenvalue weighted by Crippen LogP contribution is -2.30. The fraction of sp³-hybridized carbons (Fsp3) is 0.350. The van der Waals surface area contributed by atoms with E-state index in [1.807, 2.05) is 30.3 Å². The minimum atomic E-state index is 0.429. The predicted molar refractivity (Wildman–Crippen MR) is 92.7 cm³/mol. The maximum absolute atomic E-state index is 10.8. The molecular formula is C20H23NO2. The molecule has 3 heteroatoms. The van der Waals surface area contributed by atoms with Gasteiger partial charge < -0.3 is 14.8 Å². The van der Waals surface area contributed by atoms with Crippen LogP contribution in [0.3, 0.4) is 0 Å². The van der Waals surface area contributed by atoms with Crippen molar-refractivity contribution in [3.05, 3.63) is 54.1 Å². The van der Waals surface area contributed by atoms with Crippen LogP contribution in [0.15, 0.2) is 48.5 Å². The number of hydrogen-bond acceptors (Lipinski definition) is 3. The van der Waals surface area contributed by atoms with Gasteiger partial charge in [0.1, 0.15) is 12.0 Å². The van der Waals surface area contributed by atoms with Crippen LogP contribution in [-0.2, 0) is 11.2 Å².